The molecule has 2 N–H and O–H groups in total. The van der Waals surface area contributed by atoms with Crippen LogP contribution in [0.25, 0.3) is 10.9 Å². The predicted octanol–water partition coefficient (Wildman–Crippen LogP) is 2.50. The van der Waals surface area contributed by atoms with Crippen LogP contribution in [0.4, 0.5) is 8.78 Å². The molecular formula is C11H10F2N2. The van der Waals surface area contributed by atoms with Crippen LogP contribution in [0.5, 0.6) is 0 Å². The predicted molar refractivity (Wildman–Crippen MR) is 54.7 cm³/mol. The lowest BCUT2D eigenvalue weighted by Crippen LogP contribution is -2.18. The molecule has 4 heteroatoms. The van der Waals surface area contributed by atoms with Gasteiger partial charge in [-0.25, -0.2) is 8.78 Å². The Bertz CT molecular complexity index is 471. The van der Waals surface area contributed by atoms with E-state index in [-0.39, 0.29) is 0 Å². The standard InChI is InChI=1S/C11H10F2N2/c12-11(13)10(14)8-3-4-9-7(6-8)2-1-5-15-9/h1-6,10-11H,14H2. The Kier molecular flexibility index (Phi) is 2.60. The van der Waals surface area contributed by atoms with Gasteiger partial charge in [0.1, 0.15) is 0 Å². The lowest BCUT2D eigenvalue weighted by atomic mass is 10.1. The summed E-state index contributed by atoms with van der Waals surface area (Å²) < 4.78 is 24.7. The van der Waals surface area contributed by atoms with E-state index in [4.69, 9.17) is 5.73 Å². The second-order valence-corrected chi connectivity index (χ2v) is 3.32. The molecule has 2 aromatic rings. The van der Waals surface area contributed by atoms with Crippen molar-refractivity contribution in [3.63, 3.8) is 0 Å². The summed E-state index contributed by atoms with van der Waals surface area (Å²) in [4.78, 5) is 4.10. The lowest BCUT2D eigenvalue weighted by molar-refractivity contribution is 0.116. The van der Waals surface area contributed by atoms with Gasteiger partial charge in [-0.05, 0) is 23.8 Å². The number of alkyl halides is 2. The Hall–Kier alpha value is -1.55. The first-order valence-corrected chi connectivity index (χ1v) is 4.57. The van der Waals surface area contributed by atoms with E-state index in [0.717, 1.165) is 10.9 Å². The number of hydrogen-bond acceptors (Lipinski definition) is 2. The van der Waals surface area contributed by atoms with Crippen LogP contribution in [0.1, 0.15) is 11.6 Å². The molecule has 0 saturated carbocycles. The minimum atomic E-state index is -2.54. The zero-order valence-corrected chi connectivity index (χ0v) is 7.90. The second-order valence-electron chi connectivity index (χ2n) is 3.32. The van der Waals surface area contributed by atoms with E-state index in [1.807, 2.05) is 6.07 Å². The summed E-state index contributed by atoms with van der Waals surface area (Å²) >= 11 is 0. The number of nitrogens with two attached hydrogens (primary N) is 1. The molecule has 0 fully saturated rings. The lowest BCUT2D eigenvalue weighted by Gasteiger charge is -2.11. The van der Waals surface area contributed by atoms with E-state index in [1.165, 1.54) is 0 Å². The molecule has 1 aromatic heterocycles. The summed E-state index contributed by atoms with van der Waals surface area (Å²) in [5.74, 6) is 0. The summed E-state index contributed by atoms with van der Waals surface area (Å²) in [5, 5.41) is 0.825. The van der Waals surface area contributed by atoms with Crippen molar-refractivity contribution in [3.8, 4) is 0 Å². The van der Waals surface area contributed by atoms with Crippen molar-refractivity contribution in [2.24, 2.45) is 5.73 Å². The average Bonchev–Trinajstić information content (AvgIpc) is 2.27. The van der Waals surface area contributed by atoms with E-state index in [1.54, 1.807) is 30.5 Å². The summed E-state index contributed by atoms with van der Waals surface area (Å²) in [7, 11) is 0. The largest absolute Gasteiger partial charge is 0.319 e. The van der Waals surface area contributed by atoms with Crippen LogP contribution in [-0.2, 0) is 0 Å². The van der Waals surface area contributed by atoms with Crippen LogP contribution < -0.4 is 5.73 Å². The maximum atomic E-state index is 12.4. The fraction of sp³-hybridized carbons (Fsp3) is 0.182. The molecule has 2 nitrogen and oxygen atoms in total. The van der Waals surface area contributed by atoms with Gasteiger partial charge in [-0.3, -0.25) is 4.98 Å². The van der Waals surface area contributed by atoms with Crippen molar-refractivity contribution < 1.29 is 8.78 Å². The first kappa shape index (κ1) is 9.98. The molecule has 1 heterocycles. The first-order chi connectivity index (χ1) is 7.18. The van der Waals surface area contributed by atoms with E-state index in [9.17, 15) is 8.78 Å². The molecule has 0 aliphatic rings. The third kappa shape index (κ3) is 1.94. The van der Waals surface area contributed by atoms with Crippen molar-refractivity contribution in [1.29, 1.82) is 0 Å². The maximum absolute atomic E-state index is 12.4. The van der Waals surface area contributed by atoms with Crippen LogP contribution in [0.2, 0.25) is 0 Å². The van der Waals surface area contributed by atoms with Crippen molar-refractivity contribution in [3.05, 3.63) is 42.1 Å². The van der Waals surface area contributed by atoms with Crippen molar-refractivity contribution >= 4 is 10.9 Å². The minimum absolute atomic E-state index is 0.436. The first-order valence-electron chi connectivity index (χ1n) is 4.57. The Morgan fingerprint density at radius 3 is 2.73 bits per heavy atom. The molecule has 0 saturated heterocycles. The smallest absolute Gasteiger partial charge is 0.257 e. The number of hydrogen-bond donors (Lipinski definition) is 1. The summed E-state index contributed by atoms with van der Waals surface area (Å²) in [6.07, 6.45) is -0.881. The number of halogens is 2. The highest BCUT2D eigenvalue weighted by Gasteiger charge is 2.17. The van der Waals surface area contributed by atoms with Crippen LogP contribution in [0.15, 0.2) is 36.5 Å². The molecule has 78 valence electrons. The van der Waals surface area contributed by atoms with E-state index < -0.39 is 12.5 Å². The summed E-state index contributed by atoms with van der Waals surface area (Å²) in [6, 6.07) is 7.30. The molecule has 15 heavy (non-hydrogen) atoms. The minimum Gasteiger partial charge on any atom is -0.319 e. The SMILES string of the molecule is NC(c1ccc2ncccc2c1)C(F)F. The zero-order chi connectivity index (χ0) is 10.8. The highest BCUT2D eigenvalue weighted by atomic mass is 19.3. The third-order valence-electron chi connectivity index (χ3n) is 2.28. The van der Waals surface area contributed by atoms with Gasteiger partial charge >= 0.3 is 0 Å². The normalized spacial score (nSPS) is 13.3. The van der Waals surface area contributed by atoms with E-state index in [0.29, 0.717) is 5.56 Å². The molecule has 1 atom stereocenters. The van der Waals surface area contributed by atoms with Gasteiger partial charge < -0.3 is 5.73 Å². The van der Waals surface area contributed by atoms with Crippen LogP contribution in [0.3, 0.4) is 0 Å². The van der Waals surface area contributed by atoms with Gasteiger partial charge in [-0.15, -0.1) is 0 Å². The van der Waals surface area contributed by atoms with Gasteiger partial charge in [0.15, 0.2) is 0 Å². The fourth-order valence-corrected chi connectivity index (χ4v) is 1.45. The molecule has 0 aliphatic carbocycles. The quantitative estimate of drug-likeness (QED) is 0.823. The van der Waals surface area contributed by atoms with Crippen molar-refractivity contribution in [2.45, 2.75) is 12.5 Å². The zero-order valence-electron chi connectivity index (χ0n) is 7.90. The number of nitrogens with zero attached hydrogens (tertiary/aromatic N) is 1. The molecule has 0 spiro atoms. The maximum Gasteiger partial charge on any atom is 0.257 e. The molecule has 0 bridgehead atoms. The highest BCUT2D eigenvalue weighted by molar-refractivity contribution is 5.79. The van der Waals surface area contributed by atoms with Gasteiger partial charge in [0, 0.05) is 11.6 Å². The molecule has 1 unspecified atom stereocenters. The highest BCUT2D eigenvalue weighted by Crippen LogP contribution is 2.21. The Balaban J connectivity index is 2.47. The molecule has 1 aromatic carbocycles. The van der Waals surface area contributed by atoms with Gasteiger partial charge in [0.25, 0.3) is 6.43 Å². The number of benzene rings is 1. The average molecular weight is 208 g/mol. The molecule has 0 amide bonds. The number of pyridine rings is 1. The Morgan fingerprint density at radius 2 is 2.00 bits per heavy atom. The Morgan fingerprint density at radius 1 is 1.20 bits per heavy atom. The van der Waals surface area contributed by atoms with Gasteiger partial charge in [0.05, 0.1) is 11.6 Å². The van der Waals surface area contributed by atoms with Gasteiger partial charge in [-0.1, -0.05) is 12.1 Å². The summed E-state index contributed by atoms with van der Waals surface area (Å²) in [6.45, 7) is 0. The number of aromatic nitrogens is 1. The Labute approximate surface area is 85.7 Å². The molecule has 0 aliphatic heterocycles. The fourth-order valence-electron chi connectivity index (χ4n) is 1.45. The van der Waals surface area contributed by atoms with Crippen LogP contribution in [0, 0.1) is 0 Å². The monoisotopic (exact) mass is 208 g/mol. The van der Waals surface area contributed by atoms with Crippen LogP contribution in [-0.4, -0.2) is 11.4 Å². The van der Waals surface area contributed by atoms with E-state index >= 15 is 0 Å². The topological polar surface area (TPSA) is 38.9 Å². The molecule has 2 rings (SSSR count). The second kappa shape index (κ2) is 3.90. The van der Waals surface area contributed by atoms with Gasteiger partial charge in [0.2, 0.25) is 0 Å². The third-order valence-corrected chi connectivity index (χ3v) is 2.28. The molecular weight excluding hydrogens is 198 g/mol. The number of fused-ring (bicyclic) bond motifs is 1. The van der Waals surface area contributed by atoms with Crippen molar-refractivity contribution in [2.75, 3.05) is 0 Å². The van der Waals surface area contributed by atoms with Crippen molar-refractivity contribution in [1.82, 2.24) is 4.98 Å². The summed E-state index contributed by atoms with van der Waals surface area (Å²) in [5.41, 5.74) is 6.57. The van der Waals surface area contributed by atoms with Crippen LogP contribution >= 0.6 is 0 Å². The number of rotatable bonds is 2. The molecule has 0 radical (unpaired) electrons. The van der Waals surface area contributed by atoms with E-state index in [2.05, 4.69) is 4.98 Å². The van der Waals surface area contributed by atoms with Gasteiger partial charge in [-0.2, -0.15) is 0 Å².